The lowest BCUT2D eigenvalue weighted by Gasteiger charge is -2.36. The lowest BCUT2D eigenvalue weighted by molar-refractivity contribution is -0.342. The van der Waals surface area contributed by atoms with Gasteiger partial charge in [0.1, 0.15) is 5.75 Å². The summed E-state index contributed by atoms with van der Waals surface area (Å²) < 4.78 is 29.1. The number of nitrogens with zero attached hydrogens (tertiary/aromatic N) is 1. The molecule has 0 aliphatic rings. The van der Waals surface area contributed by atoms with Gasteiger partial charge in [0, 0.05) is 12.7 Å². The molecule has 0 aliphatic carbocycles. The summed E-state index contributed by atoms with van der Waals surface area (Å²) in [6.07, 6.45) is 0.0729. The van der Waals surface area contributed by atoms with Gasteiger partial charge in [-0.25, -0.2) is 4.79 Å². The van der Waals surface area contributed by atoms with E-state index in [9.17, 15) is 4.79 Å². The smallest absolute Gasteiger partial charge is 0.431 e. The van der Waals surface area contributed by atoms with Crippen LogP contribution >= 0.6 is 11.6 Å². The fourth-order valence-corrected chi connectivity index (χ4v) is 3.48. The number of para-hydroxylation sites is 1. The average molecular weight is 496 g/mol. The highest BCUT2D eigenvalue weighted by molar-refractivity contribution is 6.18. The molecule has 0 aliphatic heterocycles. The molecule has 8 heteroatoms. The standard InChI is InChI=1S/C27H26ClNO6/c1-31-27(34-24-16-9-4-10-17-24,33-20-22-12-5-2-6-13-22)25(30)35-26(21-28,32-19-11-18-29)23-14-7-3-8-15-23/h2-10,12-17H,11,19-21H2,1H3. The van der Waals surface area contributed by atoms with E-state index in [0.29, 0.717) is 11.3 Å². The zero-order valence-electron chi connectivity index (χ0n) is 19.3. The largest absolute Gasteiger partial charge is 0.432 e. The van der Waals surface area contributed by atoms with E-state index in [1.807, 2.05) is 36.4 Å². The normalized spacial score (nSPS) is 14.2. The van der Waals surface area contributed by atoms with Crippen LogP contribution in [0, 0.1) is 11.3 Å². The molecule has 0 amide bonds. The van der Waals surface area contributed by atoms with Crippen molar-refractivity contribution in [3.8, 4) is 11.8 Å². The number of esters is 1. The number of hydrogen-bond acceptors (Lipinski definition) is 7. The van der Waals surface area contributed by atoms with Crippen LogP contribution in [0.5, 0.6) is 5.75 Å². The minimum atomic E-state index is -2.28. The molecule has 0 fully saturated rings. The molecule has 2 atom stereocenters. The first-order chi connectivity index (χ1) is 17.1. The molecule has 0 radical (unpaired) electrons. The van der Waals surface area contributed by atoms with Crippen molar-refractivity contribution >= 4 is 17.6 Å². The summed E-state index contributed by atoms with van der Waals surface area (Å²) in [4.78, 5) is 13.7. The third-order valence-electron chi connectivity index (χ3n) is 4.98. The van der Waals surface area contributed by atoms with Crippen LogP contribution in [0.1, 0.15) is 17.5 Å². The van der Waals surface area contributed by atoms with Gasteiger partial charge in [0.15, 0.2) is 0 Å². The fourth-order valence-electron chi connectivity index (χ4n) is 3.19. The molecule has 0 spiro atoms. The van der Waals surface area contributed by atoms with E-state index in [1.54, 1.807) is 60.7 Å². The van der Waals surface area contributed by atoms with Crippen LogP contribution in [-0.2, 0) is 36.1 Å². The molecule has 7 nitrogen and oxygen atoms in total. The lowest BCUT2D eigenvalue weighted by atomic mass is 10.1. The third-order valence-corrected chi connectivity index (χ3v) is 5.33. The van der Waals surface area contributed by atoms with Crippen molar-refractivity contribution in [3.63, 3.8) is 0 Å². The van der Waals surface area contributed by atoms with Gasteiger partial charge >= 0.3 is 11.9 Å². The third kappa shape index (κ3) is 6.81. The van der Waals surface area contributed by atoms with Crippen LogP contribution in [0.4, 0.5) is 0 Å². The maximum Gasteiger partial charge on any atom is 0.432 e. The fraction of sp³-hybridized carbons (Fsp3) is 0.259. The number of benzene rings is 3. The molecule has 0 N–H and O–H groups in total. The van der Waals surface area contributed by atoms with Crippen LogP contribution in [0.3, 0.4) is 0 Å². The summed E-state index contributed by atoms with van der Waals surface area (Å²) >= 11 is 6.30. The summed E-state index contributed by atoms with van der Waals surface area (Å²) in [6, 6.07) is 28.6. The minimum Gasteiger partial charge on any atom is -0.431 e. The molecular weight excluding hydrogens is 470 g/mol. The van der Waals surface area contributed by atoms with Crippen molar-refractivity contribution in [2.75, 3.05) is 19.6 Å². The molecule has 3 aromatic carbocycles. The number of ether oxygens (including phenoxy) is 5. The van der Waals surface area contributed by atoms with Crippen LogP contribution in [-0.4, -0.2) is 31.5 Å². The molecule has 0 bridgehead atoms. The topological polar surface area (TPSA) is 87.0 Å². The Morgan fingerprint density at radius 3 is 2.09 bits per heavy atom. The van der Waals surface area contributed by atoms with Gasteiger partial charge in [-0.15, -0.1) is 11.6 Å². The predicted molar refractivity (Wildman–Crippen MR) is 129 cm³/mol. The van der Waals surface area contributed by atoms with E-state index in [2.05, 4.69) is 0 Å². The molecule has 0 saturated heterocycles. The van der Waals surface area contributed by atoms with Crippen LogP contribution < -0.4 is 4.74 Å². The van der Waals surface area contributed by atoms with E-state index >= 15 is 0 Å². The Bertz CT molecular complexity index is 1090. The van der Waals surface area contributed by atoms with E-state index in [1.165, 1.54) is 7.11 Å². The van der Waals surface area contributed by atoms with Crippen molar-refractivity contribution < 1.29 is 28.5 Å². The van der Waals surface area contributed by atoms with Gasteiger partial charge in [0.05, 0.1) is 31.6 Å². The minimum absolute atomic E-state index is 0.00881. The Morgan fingerprint density at radius 1 is 0.914 bits per heavy atom. The second-order valence-corrected chi connectivity index (χ2v) is 7.62. The summed E-state index contributed by atoms with van der Waals surface area (Å²) in [5, 5.41) is 8.97. The second kappa shape index (κ2) is 12.9. The second-order valence-electron chi connectivity index (χ2n) is 7.35. The van der Waals surface area contributed by atoms with Crippen LogP contribution in [0.2, 0.25) is 0 Å². The highest BCUT2D eigenvalue weighted by Crippen LogP contribution is 2.33. The van der Waals surface area contributed by atoms with Gasteiger partial charge in [-0.3, -0.25) is 0 Å². The van der Waals surface area contributed by atoms with Gasteiger partial charge in [-0.1, -0.05) is 78.9 Å². The highest BCUT2D eigenvalue weighted by atomic mass is 35.5. The van der Waals surface area contributed by atoms with Crippen molar-refractivity contribution in [2.45, 2.75) is 24.8 Å². The quantitative estimate of drug-likeness (QED) is 0.140. The molecule has 0 saturated carbocycles. The molecule has 0 heterocycles. The Kier molecular flexibility index (Phi) is 9.65. The van der Waals surface area contributed by atoms with Gasteiger partial charge in [0.25, 0.3) is 5.79 Å². The maximum absolute atomic E-state index is 13.7. The highest BCUT2D eigenvalue weighted by Gasteiger charge is 2.51. The number of alkyl halides is 1. The van der Waals surface area contributed by atoms with Gasteiger partial charge in [-0.05, 0) is 17.7 Å². The molecule has 35 heavy (non-hydrogen) atoms. The maximum atomic E-state index is 13.7. The monoisotopic (exact) mass is 495 g/mol. The number of methoxy groups -OCH3 is 1. The van der Waals surface area contributed by atoms with E-state index in [0.717, 1.165) is 5.56 Å². The summed E-state index contributed by atoms with van der Waals surface area (Å²) in [5.41, 5.74) is 1.27. The zero-order chi connectivity index (χ0) is 25.0. The summed E-state index contributed by atoms with van der Waals surface area (Å²) in [5.74, 6) is -4.93. The van der Waals surface area contributed by atoms with Crippen molar-refractivity contribution in [2.24, 2.45) is 0 Å². The van der Waals surface area contributed by atoms with Gasteiger partial charge < -0.3 is 23.7 Å². The number of rotatable bonds is 13. The van der Waals surface area contributed by atoms with E-state index in [-0.39, 0.29) is 25.5 Å². The Morgan fingerprint density at radius 2 is 1.51 bits per heavy atom. The zero-order valence-corrected chi connectivity index (χ0v) is 20.0. The first kappa shape index (κ1) is 26.2. The molecule has 0 aromatic heterocycles. The Balaban J connectivity index is 1.96. The summed E-state index contributed by atoms with van der Waals surface area (Å²) in [7, 11) is 1.27. The predicted octanol–water partition coefficient (Wildman–Crippen LogP) is 5.15. The van der Waals surface area contributed by atoms with Gasteiger partial charge in [0.2, 0.25) is 0 Å². The number of halogens is 1. The van der Waals surface area contributed by atoms with Crippen molar-refractivity contribution in [1.82, 2.24) is 0 Å². The SMILES string of the molecule is COC(OCc1ccccc1)(Oc1ccccc1)C(=O)OC(CCl)(OCCC#N)c1ccccc1. The van der Waals surface area contributed by atoms with Crippen molar-refractivity contribution in [3.05, 3.63) is 102 Å². The molecule has 3 rings (SSSR count). The van der Waals surface area contributed by atoms with Gasteiger partial charge in [-0.2, -0.15) is 5.26 Å². The van der Waals surface area contributed by atoms with Crippen LogP contribution in [0.15, 0.2) is 91.0 Å². The number of carbonyl (C=O) groups is 1. The van der Waals surface area contributed by atoms with Crippen molar-refractivity contribution in [1.29, 1.82) is 5.26 Å². The average Bonchev–Trinajstić information content (AvgIpc) is 2.92. The Hall–Kier alpha value is -3.41. The number of nitriles is 1. The molecule has 182 valence electrons. The Labute approximate surface area is 209 Å². The molecular formula is C27H26ClNO6. The van der Waals surface area contributed by atoms with E-state index in [4.69, 9.17) is 40.5 Å². The first-order valence-electron chi connectivity index (χ1n) is 10.9. The first-order valence-corrected chi connectivity index (χ1v) is 11.4. The molecule has 3 aromatic rings. The van der Waals surface area contributed by atoms with Crippen LogP contribution in [0.25, 0.3) is 0 Å². The number of carbonyl (C=O) groups excluding carboxylic acids is 1. The number of hydrogen-bond donors (Lipinski definition) is 0. The summed E-state index contributed by atoms with van der Waals surface area (Å²) in [6.45, 7) is -0.0269. The lowest BCUT2D eigenvalue weighted by Crippen LogP contribution is -2.53. The van der Waals surface area contributed by atoms with E-state index < -0.39 is 17.7 Å². The molecule has 2 unspecified atom stereocenters.